The number of rotatable bonds is 5. The van der Waals surface area contributed by atoms with Gasteiger partial charge in [-0.2, -0.15) is 0 Å². The van der Waals surface area contributed by atoms with Crippen LogP contribution in [0.25, 0.3) is 5.65 Å². The predicted molar refractivity (Wildman–Crippen MR) is 116 cm³/mol. The van der Waals surface area contributed by atoms with Crippen LogP contribution in [-0.4, -0.2) is 58.3 Å². The maximum absolute atomic E-state index is 12.9. The number of nitrogens with one attached hydrogen (secondary N) is 1. The highest BCUT2D eigenvalue weighted by atomic mass is 16.2. The Kier molecular flexibility index (Phi) is 5.53. The fourth-order valence-corrected chi connectivity index (χ4v) is 4.01. The van der Waals surface area contributed by atoms with Crippen molar-refractivity contribution in [2.24, 2.45) is 0 Å². The van der Waals surface area contributed by atoms with Gasteiger partial charge in [-0.1, -0.05) is 0 Å². The largest absolute Gasteiger partial charge is 0.379 e. The van der Waals surface area contributed by atoms with Crippen LogP contribution < -0.4 is 5.32 Å². The second-order valence-electron chi connectivity index (χ2n) is 8.09. The number of pyridine rings is 1. The number of likely N-dealkylation sites (N-methyl/N-ethyl adjacent to an activating group) is 2. The molecule has 3 aromatic rings. The molecule has 2 aromatic heterocycles. The van der Waals surface area contributed by atoms with Crippen LogP contribution in [0.3, 0.4) is 0 Å². The molecule has 1 amide bonds. The molecule has 3 heterocycles. The molecule has 1 aliphatic rings. The minimum atomic E-state index is 0.0917. The third-order valence-electron chi connectivity index (χ3n) is 5.82. The third kappa shape index (κ3) is 4.27. The van der Waals surface area contributed by atoms with Gasteiger partial charge in [0.1, 0.15) is 5.65 Å². The van der Waals surface area contributed by atoms with Crippen LogP contribution in [0.2, 0.25) is 0 Å². The maximum Gasteiger partial charge on any atom is 0.253 e. The van der Waals surface area contributed by atoms with E-state index in [1.165, 1.54) is 5.56 Å². The number of likely N-dealkylation sites (tertiary alicyclic amines) is 1. The third-order valence-corrected chi connectivity index (χ3v) is 5.82. The molecule has 0 radical (unpaired) electrons. The molecular weight excluding hydrogens is 362 g/mol. The average molecular weight is 392 g/mol. The molecule has 1 atom stereocenters. The summed E-state index contributed by atoms with van der Waals surface area (Å²) in [5.74, 6) is 0.0917. The van der Waals surface area contributed by atoms with Gasteiger partial charge in [-0.25, -0.2) is 4.98 Å². The van der Waals surface area contributed by atoms with Gasteiger partial charge in [0.25, 0.3) is 5.91 Å². The summed E-state index contributed by atoms with van der Waals surface area (Å²) in [5.41, 5.74) is 4.98. The number of aromatic nitrogens is 2. The SMILES string of the molecule is Cc1ccn2c(CNc3ccc(C(=O)N(C)C4CCCN(C)C4)cc3)cnc2c1. The lowest BCUT2D eigenvalue weighted by Gasteiger charge is -2.35. The maximum atomic E-state index is 12.9. The number of hydrogen-bond donors (Lipinski definition) is 1. The van der Waals surface area contributed by atoms with E-state index in [-0.39, 0.29) is 11.9 Å². The molecule has 0 bridgehead atoms. The highest BCUT2D eigenvalue weighted by molar-refractivity contribution is 5.94. The fourth-order valence-electron chi connectivity index (χ4n) is 4.01. The molecule has 0 saturated carbocycles. The van der Waals surface area contributed by atoms with Crippen molar-refractivity contribution in [2.45, 2.75) is 32.4 Å². The van der Waals surface area contributed by atoms with Gasteiger partial charge in [-0.05, 0) is 75.3 Å². The zero-order valence-corrected chi connectivity index (χ0v) is 17.4. The van der Waals surface area contributed by atoms with Crippen LogP contribution in [0.15, 0.2) is 48.8 Å². The summed E-state index contributed by atoms with van der Waals surface area (Å²) >= 11 is 0. The molecule has 1 fully saturated rings. The van der Waals surface area contributed by atoms with Gasteiger partial charge in [0.2, 0.25) is 0 Å². The summed E-state index contributed by atoms with van der Waals surface area (Å²) in [6, 6.07) is 12.2. The van der Waals surface area contributed by atoms with Crippen molar-refractivity contribution in [3.63, 3.8) is 0 Å². The summed E-state index contributed by atoms with van der Waals surface area (Å²) in [7, 11) is 4.04. The predicted octanol–water partition coefficient (Wildman–Crippen LogP) is 3.42. The first-order valence-electron chi connectivity index (χ1n) is 10.2. The van der Waals surface area contributed by atoms with E-state index in [0.29, 0.717) is 6.54 Å². The van der Waals surface area contributed by atoms with Crippen LogP contribution >= 0.6 is 0 Å². The number of imidazole rings is 1. The summed E-state index contributed by atoms with van der Waals surface area (Å²) in [6.07, 6.45) is 6.17. The molecule has 0 spiro atoms. The van der Waals surface area contributed by atoms with Gasteiger partial charge in [-0.3, -0.25) is 4.79 Å². The minimum Gasteiger partial charge on any atom is -0.379 e. The Balaban J connectivity index is 1.39. The molecule has 1 N–H and O–H groups in total. The Morgan fingerprint density at radius 3 is 2.83 bits per heavy atom. The molecule has 1 unspecified atom stereocenters. The number of carbonyl (C=O) groups excluding carboxylic acids is 1. The zero-order chi connectivity index (χ0) is 20.4. The number of hydrogen-bond acceptors (Lipinski definition) is 4. The Morgan fingerprint density at radius 1 is 1.28 bits per heavy atom. The Morgan fingerprint density at radius 2 is 2.07 bits per heavy atom. The molecule has 1 saturated heterocycles. The van der Waals surface area contributed by atoms with E-state index in [1.807, 2.05) is 42.4 Å². The summed E-state index contributed by atoms with van der Waals surface area (Å²) in [6.45, 7) is 4.80. The zero-order valence-electron chi connectivity index (χ0n) is 17.4. The van der Waals surface area contributed by atoms with E-state index in [2.05, 4.69) is 51.9 Å². The molecule has 6 heteroatoms. The number of anilines is 1. The highest BCUT2D eigenvalue weighted by Crippen LogP contribution is 2.18. The van der Waals surface area contributed by atoms with Crippen LogP contribution in [0, 0.1) is 6.92 Å². The molecule has 1 aliphatic heterocycles. The molecule has 6 nitrogen and oxygen atoms in total. The smallest absolute Gasteiger partial charge is 0.253 e. The number of nitrogens with zero attached hydrogens (tertiary/aromatic N) is 4. The molecular formula is C23H29N5O. The lowest BCUT2D eigenvalue weighted by Crippen LogP contribution is -2.47. The Bertz CT molecular complexity index is 994. The average Bonchev–Trinajstić information content (AvgIpc) is 3.13. The number of piperidine rings is 1. The lowest BCUT2D eigenvalue weighted by molar-refractivity contribution is 0.0644. The van der Waals surface area contributed by atoms with Gasteiger partial charge in [-0.15, -0.1) is 0 Å². The second-order valence-corrected chi connectivity index (χ2v) is 8.09. The first-order valence-corrected chi connectivity index (χ1v) is 10.2. The molecule has 4 rings (SSSR count). The normalized spacial score (nSPS) is 17.4. The van der Waals surface area contributed by atoms with Gasteiger partial charge >= 0.3 is 0 Å². The van der Waals surface area contributed by atoms with Crippen LogP contribution in [0.1, 0.15) is 34.5 Å². The number of fused-ring (bicyclic) bond motifs is 1. The van der Waals surface area contributed by atoms with E-state index in [4.69, 9.17) is 0 Å². The van der Waals surface area contributed by atoms with Crippen molar-refractivity contribution in [1.29, 1.82) is 0 Å². The molecule has 0 aliphatic carbocycles. The number of carbonyl (C=O) groups is 1. The van der Waals surface area contributed by atoms with Crippen LogP contribution in [0.5, 0.6) is 0 Å². The second kappa shape index (κ2) is 8.25. The number of aryl methyl sites for hydroxylation is 1. The number of amides is 1. The van der Waals surface area contributed by atoms with Crippen molar-refractivity contribution in [1.82, 2.24) is 19.2 Å². The Labute approximate surface area is 172 Å². The summed E-state index contributed by atoms with van der Waals surface area (Å²) in [4.78, 5) is 21.5. The number of benzene rings is 1. The van der Waals surface area contributed by atoms with E-state index in [9.17, 15) is 4.79 Å². The minimum absolute atomic E-state index is 0.0917. The van der Waals surface area contributed by atoms with E-state index in [0.717, 1.165) is 48.5 Å². The molecule has 1 aromatic carbocycles. The van der Waals surface area contributed by atoms with Crippen molar-refractivity contribution in [2.75, 3.05) is 32.5 Å². The van der Waals surface area contributed by atoms with E-state index < -0.39 is 0 Å². The molecule has 152 valence electrons. The van der Waals surface area contributed by atoms with Gasteiger partial charge < -0.3 is 19.5 Å². The van der Waals surface area contributed by atoms with E-state index in [1.54, 1.807) is 0 Å². The van der Waals surface area contributed by atoms with Crippen molar-refractivity contribution < 1.29 is 4.79 Å². The van der Waals surface area contributed by atoms with Crippen LogP contribution in [-0.2, 0) is 6.54 Å². The van der Waals surface area contributed by atoms with Crippen molar-refractivity contribution >= 4 is 17.2 Å². The first kappa shape index (κ1) is 19.5. The summed E-state index contributed by atoms with van der Waals surface area (Å²) in [5, 5.41) is 3.43. The van der Waals surface area contributed by atoms with Gasteiger partial charge in [0, 0.05) is 37.1 Å². The Hall–Kier alpha value is -2.86. The van der Waals surface area contributed by atoms with Crippen molar-refractivity contribution in [3.05, 3.63) is 65.6 Å². The molecule has 29 heavy (non-hydrogen) atoms. The lowest BCUT2D eigenvalue weighted by atomic mass is 10.0. The van der Waals surface area contributed by atoms with Gasteiger partial charge in [0.05, 0.1) is 18.4 Å². The summed E-state index contributed by atoms with van der Waals surface area (Å²) < 4.78 is 2.09. The first-order chi connectivity index (χ1) is 14.0. The fraction of sp³-hybridized carbons (Fsp3) is 0.391. The standard InChI is InChI=1S/C23H29N5O/c1-17-10-12-28-21(15-25-22(28)13-17)14-24-19-8-6-18(7-9-19)23(29)27(3)20-5-4-11-26(2)16-20/h6-10,12-13,15,20,24H,4-5,11,14,16H2,1-3H3. The van der Waals surface area contributed by atoms with Crippen LogP contribution in [0.4, 0.5) is 5.69 Å². The van der Waals surface area contributed by atoms with Gasteiger partial charge in [0.15, 0.2) is 0 Å². The van der Waals surface area contributed by atoms with E-state index >= 15 is 0 Å². The highest BCUT2D eigenvalue weighted by Gasteiger charge is 2.25. The topological polar surface area (TPSA) is 52.9 Å². The van der Waals surface area contributed by atoms with Crippen molar-refractivity contribution in [3.8, 4) is 0 Å². The monoisotopic (exact) mass is 391 g/mol. The quantitative estimate of drug-likeness (QED) is 0.724.